The van der Waals surface area contributed by atoms with Gasteiger partial charge < -0.3 is 19.5 Å². The van der Waals surface area contributed by atoms with E-state index < -0.39 is 0 Å². The monoisotopic (exact) mass is 357 g/mol. The Balaban J connectivity index is 1.60. The molecule has 7 nitrogen and oxygen atoms in total. The summed E-state index contributed by atoms with van der Waals surface area (Å²) in [5, 5.41) is 6.54. The summed E-state index contributed by atoms with van der Waals surface area (Å²) in [6, 6.07) is 7.24. The third-order valence-corrected chi connectivity index (χ3v) is 4.62. The van der Waals surface area contributed by atoms with E-state index in [1.165, 1.54) is 0 Å². The van der Waals surface area contributed by atoms with Gasteiger partial charge in [0, 0.05) is 25.1 Å². The Morgan fingerprint density at radius 1 is 1.23 bits per heavy atom. The lowest BCUT2D eigenvalue weighted by Crippen LogP contribution is -2.41. The molecule has 0 radical (unpaired) electrons. The highest BCUT2D eigenvalue weighted by Gasteiger charge is 2.29. The highest BCUT2D eigenvalue weighted by molar-refractivity contribution is 5.97. The Morgan fingerprint density at radius 3 is 2.58 bits per heavy atom. The molecular weight excluding hydrogens is 334 g/mol. The molecule has 0 atom stereocenters. The van der Waals surface area contributed by atoms with Gasteiger partial charge in [-0.15, -0.1) is 0 Å². The first kappa shape index (κ1) is 18.0. The molecule has 0 aliphatic carbocycles. The van der Waals surface area contributed by atoms with Gasteiger partial charge in [0.15, 0.2) is 5.82 Å². The van der Waals surface area contributed by atoms with Crippen LogP contribution in [0.25, 0.3) is 0 Å². The van der Waals surface area contributed by atoms with Gasteiger partial charge in [0.05, 0.1) is 12.7 Å². The van der Waals surface area contributed by atoms with Crippen molar-refractivity contribution in [3.63, 3.8) is 0 Å². The number of likely N-dealkylation sites (tertiary alicyclic amines) is 1. The third kappa shape index (κ3) is 3.87. The molecular formula is C19H23N3O4. The van der Waals surface area contributed by atoms with E-state index in [9.17, 15) is 9.59 Å². The minimum Gasteiger partial charge on any atom is -0.496 e. The number of piperidine rings is 1. The summed E-state index contributed by atoms with van der Waals surface area (Å²) in [6.45, 7) is 4.78. The Hall–Kier alpha value is -2.83. The predicted molar refractivity (Wildman–Crippen MR) is 96.2 cm³/mol. The molecule has 1 saturated heterocycles. The Bertz CT molecular complexity index is 807. The van der Waals surface area contributed by atoms with E-state index in [4.69, 9.17) is 9.26 Å². The van der Waals surface area contributed by atoms with Crippen molar-refractivity contribution in [3.05, 3.63) is 41.2 Å². The molecule has 26 heavy (non-hydrogen) atoms. The zero-order valence-corrected chi connectivity index (χ0v) is 15.2. The number of ether oxygens (including phenoxy) is 1. The largest absolute Gasteiger partial charge is 0.496 e. The summed E-state index contributed by atoms with van der Waals surface area (Å²) in [7, 11) is 1.56. The van der Waals surface area contributed by atoms with E-state index >= 15 is 0 Å². The number of aromatic nitrogens is 1. The van der Waals surface area contributed by atoms with Crippen LogP contribution < -0.4 is 10.1 Å². The van der Waals surface area contributed by atoms with Crippen LogP contribution in [-0.4, -0.2) is 42.1 Å². The SMILES string of the molecule is COc1ccc(C)cc1C(=O)N1CCC(C(=O)Nc2cc(C)on2)CC1. The molecule has 1 aliphatic heterocycles. The topological polar surface area (TPSA) is 84.7 Å². The molecule has 7 heteroatoms. The number of rotatable bonds is 4. The van der Waals surface area contributed by atoms with Crippen LogP contribution in [0, 0.1) is 19.8 Å². The number of hydrogen-bond acceptors (Lipinski definition) is 5. The van der Waals surface area contributed by atoms with Gasteiger partial charge in [-0.05, 0) is 38.8 Å². The van der Waals surface area contributed by atoms with Gasteiger partial charge in [-0.1, -0.05) is 16.8 Å². The average molecular weight is 357 g/mol. The number of carbonyl (C=O) groups is 2. The number of methoxy groups -OCH3 is 1. The first-order valence-corrected chi connectivity index (χ1v) is 8.66. The van der Waals surface area contributed by atoms with Crippen LogP contribution in [0.15, 0.2) is 28.8 Å². The number of nitrogens with one attached hydrogen (secondary N) is 1. The molecule has 0 unspecified atom stereocenters. The first-order valence-electron chi connectivity index (χ1n) is 8.66. The van der Waals surface area contributed by atoms with E-state index in [0.717, 1.165) is 5.56 Å². The van der Waals surface area contributed by atoms with Crippen LogP contribution in [0.2, 0.25) is 0 Å². The number of benzene rings is 1. The van der Waals surface area contributed by atoms with E-state index in [2.05, 4.69) is 10.5 Å². The van der Waals surface area contributed by atoms with Gasteiger partial charge in [0.25, 0.3) is 5.91 Å². The number of carbonyl (C=O) groups excluding carboxylic acids is 2. The molecule has 1 N–H and O–H groups in total. The van der Waals surface area contributed by atoms with Gasteiger partial charge in [0.1, 0.15) is 11.5 Å². The first-order chi connectivity index (χ1) is 12.5. The second kappa shape index (κ2) is 7.59. The van der Waals surface area contributed by atoms with Crippen LogP contribution in [0.5, 0.6) is 5.75 Å². The molecule has 1 aromatic carbocycles. The Morgan fingerprint density at radius 2 is 1.96 bits per heavy atom. The number of aryl methyl sites for hydroxylation is 2. The number of nitrogens with zero attached hydrogens (tertiary/aromatic N) is 2. The quantitative estimate of drug-likeness (QED) is 0.909. The average Bonchev–Trinajstić information content (AvgIpc) is 3.06. The molecule has 2 amide bonds. The summed E-state index contributed by atoms with van der Waals surface area (Å²) in [5.41, 5.74) is 1.57. The molecule has 3 rings (SSSR count). The van der Waals surface area contributed by atoms with Gasteiger partial charge >= 0.3 is 0 Å². The molecule has 0 bridgehead atoms. The van der Waals surface area contributed by atoms with Gasteiger partial charge in [-0.2, -0.15) is 0 Å². The zero-order chi connectivity index (χ0) is 18.7. The molecule has 1 aromatic heterocycles. The number of anilines is 1. The minimum absolute atomic E-state index is 0.0588. The summed E-state index contributed by atoms with van der Waals surface area (Å²) >= 11 is 0. The second-order valence-electron chi connectivity index (χ2n) is 6.58. The molecule has 2 heterocycles. The fourth-order valence-corrected chi connectivity index (χ4v) is 3.16. The van der Waals surface area contributed by atoms with Crippen molar-refractivity contribution >= 4 is 17.6 Å². The van der Waals surface area contributed by atoms with Crippen molar-refractivity contribution in [2.24, 2.45) is 5.92 Å². The Labute approximate surface area is 152 Å². The third-order valence-electron chi connectivity index (χ3n) is 4.62. The van der Waals surface area contributed by atoms with E-state index in [0.29, 0.717) is 48.8 Å². The smallest absolute Gasteiger partial charge is 0.257 e. The molecule has 2 aromatic rings. The lowest BCUT2D eigenvalue weighted by Gasteiger charge is -2.31. The van der Waals surface area contributed by atoms with Crippen LogP contribution >= 0.6 is 0 Å². The predicted octanol–water partition coefficient (Wildman–Crippen LogP) is 2.79. The highest BCUT2D eigenvalue weighted by atomic mass is 16.5. The summed E-state index contributed by atoms with van der Waals surface area (Å²) in [5.74, 6) is 1.36. The van der Waals surface area contributed by atoms with Gasteiger partial charge in [0.2, 0.25) is 5.91 Å². The maximum atomic E-state index is 12.8. The molecule has 0 spiro atoms. The molecule has 0 saturated carbocycles. The van der Waals surface area contributed by atoms with E-state index in [1.54, 1.807) is 25.0 Å². The summed E-state index contributed by atoms with van der Waals surface area (Å²) in [6.07, 6.45) is 1.23. The summed E-state index contributed by atoms with van der Waals surface area (Å²) in [4.78, 5) is 27.0. The van der Waals surface area contributed by atoms with Crippen molar-refractivity contribution in [2.45, 2.75) is 26.7 Å². The highest BCUT2D eigenvalue weighted by Crippen LogP contribution is 2.25. The van der Waals surface area contributed by atoms with Crippen LogP contribution in [0.4, 0.5) is 5.82 Å². The maximum Gasteiger partial charge on any atom is 0.257 e. The van der Waals surface area contributed by atoms with E-state index in [-0.39, 0.29) is 17.7 Å². The fraction of sp³-hybridized carbons (Fsp3) is 0.421. The van der Waals surface area contributed by atoms with Crippen LogP contribution in [-0.2, 0) is 4.79 Å². The lowest BCUT2D eigenvalue weighted by atomic mass is 9.95. The lowest BCUT2D eigenvalue weighted by molar-refractivity contribution is -0.121. The van der Waals surface area contributed by atoms with Gasteiger partial charge in [-0.25, -0.2) is 0 Å². The molecule has 1 fully saturated rings. The number of amides is 2. The maximum absolute atomic E-state index is 12.8. The van der Waals surface area contributed by atoms with Crippen molar-refractivity contribution in [3.8, 4) is 5.75 Å². The van der Waals surface area contributed by atoms with Crippen molar-refractivity contribution < 1.29 is 18.8 Å². The van der Waals surface area contributed by atoms with Crippen LogP contribution in [0.1, 0.15) is 34.5 Å². The van der Waals surface area contributed by atoms with Gasteiger partial charge in [-0.3, -0.25) is 9.59 Å². The van der Waals surface area contributed by atoms with E-state index in [1.807, 2.05) is 25.1 Å². The molecule has 138 valence electrons. The molecule has 1 aliphatic rings. The fourth-order valence-electron chi connectivity index (χ4n) is 3.16. The van der Waals surface area contributed by atoms with Crippen molar-refractivity contribution in [1.82, 2.24) is 10.1 Å². The zero-order valence-electron chi connectivity index (χ0n) is 15.2. The normalized spacial score (nSPS) is 15.0. The summed E-state index contributed by atoms with van der Waals surface area (Å²) < 4.78 is 10.3. The Kier molecular flexibility index (Phi) is 5.25. The van der Waals surface area contributed by atoms with Crippen LogP contribution in [0.3, 0.4) is 0 Å². The van der Waals surface area contributed by atoms with Crippen molar-refractivity contribution in [2.75, 3.05) is 25.5 Å². The minimum atomic E-state index is -0.143. The standard InChI is InChI=1S/C19H23N3O4/c1-12-4-5-16(25-3)15(10-12)19(24)22-8-6-14(7-9-22)18(23)20-17-11-13(2)26-21-17/h4-5,10-11,14H,6-9H2,1-3H3,(H,20,21,23). The van der Waals surface area contributed by atoms with Crippen molar-refractivity contribution in [1.29, 1.82) is 0 Å². The number of hydrogen-bond donors (Lipinski definition) is 1. The second-order valence-corrected chi connectivity index (χ2v) is 6.58.